The number of ether oxygens (including phenoxy) is 2. The first kappa shape index (κ1) is 14.8. The fourth-order valence-corrected chi connectivity index (χ4v) is 1.50. The average Bonchev–Trinajstić information content (AvgIpc) is 2.29. The summed E-state index contributed by atoms with van der Waals surface area (Å²) >= 11 is 5.93. The van der Waals surface area contributed by atoms with Crippen molar-refractivity contribution in [1.82, 2.24) is 0 Å². The highest BCUT2D eigenvalue weighted by Gasteiger charge is 2.05. The normalized spacial score (nSPS) is 9.44. The Balaban J connectivity index is 2.61. The molecule has 2 amide bonds. The van der Waals surface area contributed by atoms with Crippen molar-refractivity contribution in [2.75, 3.05) is 21.7 Å². The molecule has 6 nitrogen and oxygen atoms in total. The van der Waals surface area contributed by atoms with E-state index in [4.69, 9.17) is 0 Å². The van der Waals surface area contributed by atoms with Crippen LogP contribution < -0.4 is 10.6 Å². The molecule has 0 saturated carbocycles. The number of carbonyl (C=O) groups excluding carboxylic acids is 2. The maximum absolute atomic E-state index is 11.2. The molecular formula is C10H10Br2N2O4. The molecule has 0 unspecified atom stereocenters. The highest BCUT2D eigenvalue weighted by Crippen LogP contribution is 2.15. The van der Waals surface area contributed by atoms with Gasteiger partial charge in [0.05, 0.1) is 0 Å². The van der Waals surface area contributed by atoms with Crippen molar-refractivity contribution in [3.05, 3.63) is 24.3 Å². The smallest absolute Gasteiger partial charge is 0.412 e. The Morgan fingerprint density at radius 2 is 1.44 bits per heavy atom. The summed E-state index contributed by atoms with van der Waals surface area (Å²) in [7, 11) is 0. The van der Waals surface area contributed by atoms with Crippen molar-refractivity contribution in [1.29, 1.82) is 0 Å². The molecule has 8 heteroatoms. The van der Waals surface area contributed by atoms with Gasteiger partial charge in [0.25, 0.3) is 0 Å². The standard InChI is InChI=1S/C10H10Br2N2O4/c11-5-17-9(15)13-7-2-1-3-8(4-7)14-10(16)18-6-12/h1-4H,5-6H2,(H,13,15)(H,14,16). The second-order valence-corrected chi connectivity index (χ2v) is 3.83. The largest absolute Gasteiger partial charge is 0.438 e. The molecule has 0 spiro atoms. The third-order valence-electron chi connectivity index (χ3n) is 1.73. The van der Waals surface area contributed by atoms with Crippen molar-refractivity contribution in [2.45, 2.75) is 0 Å². The van der Waals surface area contributed by atoms with Crippen LogP contribution in [-0.2, 0) is 9.47 Å². The molecule has 1 aromatic rings. The molecule has 0 heterocycles. The number of alkyl halides is 2. The Hall–Kier alpha value is -1.28. The van der Waals surface area contributed by atoms with Gasteiger partial charge in [-0.05, 0) is 50.1 Å². The third kappa shape index (κ3) is 5.37. The number of anilines is 2. The van der Waals surface area contributed by atoms with Crippen molar-refractivity contribution in [3.8, 4) is 0 Å². The summed E-state index contributed by atoms with van der Waals surface area (Å²) in [5.41, 5.74) is 1.21. The summed E-state index contributed by atoms with van der Waals surface area (Å²) in [6.45, 7) is 0. The van der Waals surface area contributed by atoms with Gasteiger partial charge in [-0.3, -0.25) is 10.6 Å². The van der Waals surface area contributed by atoms with Crippen molar-refractivity contribution < 1.29 is 19.1 Å². The van der Waals surface area contributed by atoms with E-state index >= 15 is 0 Å². The molecule has 2 N–H and O–H groups in total. The highest BCUT2D eigenvalue weighted by atomic mass is 79.9. The zero-order valence-corrected chi connectivity index (χ0v) is 12.3. The van der Waals surface area contributed by atoms with Gasteiger partial charge in [0.15, 0.2) is 0 Å². The lowest BCUT2D eigenvalue weighted by Gasteiger charge is -2.08. The SMILES string of the molecule is O=C(Nc1cccc(NC(=O)OCBr)c1)OCBr. The number of carbonyl (C=O) groups is 2. The lowest BCUT2D eigenvalue weighted by atomic mass is 10.3. The molecule has 1 rings (SSSR count). The van der Waals surface area contributed by atoms with Crippen LogP contribution in [0.2, 0.25) is 0 Å². The molecule has 0 aliphatic heterocycles. The second-order valence-electron chi connectivity index (χ2n) is 2.91. The van der Waals surface area contributed by atoms with E-state index in [9.17, 15) is 9.59 Å². The monoisotopic (exact) mass is 380 g/mol. The summed E-state index contributed by atoms with van der Waals surface area (Å²) in [5, 5.41) is 4.99. The molecule has 0 radical (unpaired) electrons. The van der Waals surface area contributed by atoms with Crippen LogP contribution in [0.1, 0.15) is 0 Å². The molecule has 0 saturated heterocycles. The van der Waals surface area contributed by atoms with Crippen LogP contribution in [0.15, 0.2) is 24.3 Å². The summed E-state index contributed by atoms with van der Waals surface area (Å²) < 4.78 is 9.31. The first-order chi connectivity index (χ1) is 8.65. The molecule has 0 aliphatic rings. The molecule has 0 fully saturated rings. The van der Waals surface area contributed by atoms with E-state index in [0.717, 1.165) is 0 Å². The number of hydrogen-bond donors (Lipinski definition) is 2. The zero-order chi connectivity index (χ0) is 13.4. The summed E-state index contributed by atoms with van der Waals surface area (Å²) in [6, 6.07) is 6.57. The third-order valence-corrected chi connectivity index (χ3v) is 2.18. The highest BCUT2D eigenvalue weighted by molar-refractivity contribution is 9.09. The van der Waals surface area contributed by atoms with E-state index in [1.54, 1.807) is 24.3 Å². The average molecular weight is 382 g/mol. The number of rotatable bonds is 4. The van der Waals surface area contributed by atoms with Crippen LogP contribution in [0.4, 0.5) is 21.0 Å². The fourth-order valence-electron chi connectivity index (χ4n) is 1.08. The van der Waals surface area contributed by atoms with Gasteiger partial charge in [-0.2, -0.15) is 0 Å². The molecule has 0 aromatic heterocycles. The molecule has 98 valence electrons. The van der Waals surface area contributed by atoms with Gasteiger partial charge in [0, 0.05) is 11.4 Å². The maximum atomic E-state index is 11.2. The predicted molar refractivity (Wildman–Crippen MR) is 74.2 cm³/mol. The number of halogens is 2. The van der Waals surface area contributed by atoms with Gasteiger partial charge >= 0.3 is 12.2 Å². The van der Waals surface area contributed by atoms with Gasteiger partial charge in [-0.25, -0.2) is 9.59 Å². The zero-order valence-electron chi connectivity index (χ0n) is 9.11. The Labute approximate surface area is 120 Å². The van der Waals surface area contributed by atoms with E-state index in [1.807, 2.05) is 0 Å². The van der Waals surface area contributed by atoms with Crippen LogP contribution in [0.25, 0.3) is 0 Å². The van der Waals surface area contributed by atoms with E-state index in [1.165, 1.54) is 0 Å². The van der Waals surface area contributed by atoms with E-state index in [2.05, 4.69) is 52.0 Å². The van der Waals surface area contributed by atoms with Crippen LogP contribution in [0, 0.1) is 0 Å². The lowest BCUT2D eigenvalue weighted by Crippen LogP contribution is -2.14. The Morgan fingerprint density at radius 3 is 1.83 bits per heavy atom. The van der Waals surface area contributed by atoms with E-state index in [0.29, 0.717) is 11.4 Å². The van der Waals surface area contributed by atoms with Crippen LogP contribution in [0.3, 0.4) is 0 Å². The van der Waals surface area contributed by atoms with Crippen LogP contribution in [0.5, 0.6) is 0 Å². The van der Waals surface area contributed by atoms with Crippen LogP contribution >= 0.6 is 31.9 Å². The maximum Gasteiger partial charge on any atom is 0.412 e. The molecular weight excluding hydrogens is 372 g/mol. The molecule has 1 aromatic carbocycles. The van der Waals surface area contributed by atoms with Gasteiger partial charge < -0.3 is 9.47 Å². The first-order valence-corrected chi connectivity index (χ1v) is 6.99. The quantitative estimate of drug-likeness (QED) is 0.782. The number of nitrogens with one attached hydrogen (secondary N) is 2. The minimum absolute atomic E-state index is 0.106. The minimum Gasteiger partial charge on any atom is -0.438 e. The number of hydrogen-bond acceptors (Lipinski definition) is 4. The van der Waals surface area contributed by atoms with Crippen molar-refractivity contribution in [3.63, 3.8) is 0 Å². The molecule has 0 aliphatic carbocycles. The fraction of sp³-hybridized carbons (Fsp3) is 0.200. The summed E-state index contributed by atoms with van der Waals surface area (Å²) in [5.74, 6) is 0. The summed E-state index contributed by atoms with van der Waals surface area (Å²) in [6.07, 6.45) is -1.18. The predicted octanol–water partition coefficient (Wildman–Crippen LogP) is 3.49. The minimum atomic E-state index is -0.591. The van der Waals surface area contributed by atoms with Crippen molar-refractivity contribution in [2.24, 2.45) is 0 Å². The van der Waals surface area contributed by atoms with Gasteiger partial charge in [0.1, 0.15) is 11.0 Å². The van der Waals surface area contributed by atoms with Gasteiger partial charge in [0.2, 0.25) is 0 Å². The first-order valence-electron chi connectivity index (χ1n) is 4.75. The molecule has 18 heavy (non-hydrogen) atoms. The summed E-state index contributed by atoms with van der Waals surface area (Å²) in [4.78, 5) is 22.3. The number of amides is 2. The lowest BCUT2D eigenvalue weighted by molar-refractivity contribution is 0.182. The molecule has 0 atom stereocenters. The van der Waals surface area contributed by atoms with Crippen LogP contribution in [-0.4, -0.2) is 23.2 Å². The van der Waals surface area contributed by atoms with Crippen molar-refractivity contribution >= 4 is 55.4 Å². The van der Waals surface area contributed by atoms with E-state index in [-0.39, 0.29) is 11.0 Å². The van der Waals surface area contributed by atoms with Gasteiger partial charge in [-0.1, -0.05) is 6.07 Å². The molecule has 0 bridgehead atoms. The van der Waals surface area contributed by atoms with Gasteiger partial charge in [-0.15, -0.1) is 0 Å². The number of benzene rings is 1. The topological polar surface area (TPSA) is 76.7 Å². The Bertz CT molecular complexity index is 393. The van der Waals surface area contributed by atoms with E-state index < -0.39 is 12.2 Å². The Morgan fingerprint density at radius 1 is 1.00 bits per heavy atom. The Kier molecular flexibility index (Phi) is 6.51. The second kappa shape index (κ2) is 7.93.